The van der Waals surface area contributed by atoms with Gasteiger partial charge in [0.05, 0.1) is 35.7 Å². The van der Waals surface area contributed by atoms with Crippen molar-refractivity contribution in [3.05, 3.63) is 73.1 Å². The summed E-state index contributed by atoms with van der Waals surface area (Å²) in [5, 5.41) is 9.91. The van der Waals surface area contributed by atoms with Crippen molar-refractivity contribution in [3.8, 4) is 0 Å². The molecule has 0 aliphatic rings. The molecule has 0 amide bonds. The maximum Gasteiger partial charge on any atom is 0.141 e. The minimum Gasteiger partial charge on any atom is -0.363 e. The fourth-order valence-electron chi connectivity index (χ4n) is 3.36. The smallest absolute Gasteiger partial charge is 0.141 e. The van der Waals surface area contributed by atoms with E-state index in [4.69, 9.17) is 0 Å². The average molecular weight is 396 g/mol. The molecule has 0 radical (unpaired) electrons. The van der Waals surface area contributed by atoms with Gasteiger partial charge >= 0.3 is 0 Å². The van der Waals surface area contributed by atoms with E-state index in [1.54, 1.807) is 18.7 Å². The first-order valence-electron chi connectivity index (χ1n) is 9.58. The lowest BCUT2D eigenvalue weighted by atomic mass is 10.2. The Morgan fingerprint density at radius 3 is 2.73 bits per heavy atom. The van der Waals surface area contributed by atoms with E-state index in [-0.39, 0.29) is 0 Å². The van der Waals surface area contributed by atoms with Gasteiger partial charge in [0.25, 0.3) is 0 Å². The molecule has 0 unspecified atom stereocenters. The van der Waals surface area contributed by atoms with E-state index < -0.39 is 0 Å². The molecule has 1 N–H and O–H groups in total. The fraction of sp³-hybridized carbons (Fsp3) is 0.136. The molecule has 0 aliphatic carbocycles. The van der Waals surface area contributed by atoms with Crippen molar-refractivity contribution in [2.75, 3.05) is 24.3 Å². The Bertz CT molecular complexity index is 1330. The molecule has 0 fully saturated rings. The van der Waals surface area contributed by atoms with E-state index in [0.717, 1.165) is 44.8 Å². The number of anilines is 3. The van der Waals surface area contributed by atoms with E-state index >= 15 is 0 Å². The highest BCUT2D eigenvalue weighted by Crippen LogP contribution is 2.27. The minimum absolute atomic E-state index is 0.633. The molecule has 5 aromatic rings. The van der Waals surface area contributed by atoms with E-state index in [0.29, 0.717) is 6.54 Å². The quantitative estimate of drug-likeness (QED) is 0.486. The number of hydrogen-bond donors (Lipinski definition) is 1. The zero-order valence-electron chi connectivity index (χ0n) is 16.7. The summed E-state index contributed by atoms with van der Waals surface area (Å²) >= 11 is 0. The Morgan fingerprint density at radius 1 is 0.967 bits per heavy atom. The highest BCUT2D eigenvalue weighted by atomic mass is 15.3. The second-order valence-electron chi connectivity index (χ2n) is 7.20. The van der Waals surface area contributed by atoms with Gasteiger partial charge in [-0.2, -0.15) is 5.10 Å². The molecule has 8 nitrogen and oxygen atoms in total. The molecule has 0 aliphatic heterocycles. The summed E-state index contributed by atoms with van der Waals surface area (Å²) in [7, 11) is 3.92. The molecule has 148 valence electrons. The van der Waals surface area contributed by atoms with Crippen molar-refractivity contribution in [1.82, 2.24) is 29.7 Å². The van der Waals surface area contributed by atoms with Gasteiger partial charge in [-0.3, -0.25) is 9.67 Å². The maximum atomic E-state index is 4.53. The Labute approximate surface area is 173 Å². The second-order valence-corrected chi connectivity index (χ2v) is 7.20. The molecule has 0 atom stereocenters. The van der Waals surface area contributed by atoms with Crippen molar-refractivity contribution < 1.29 is 0 Å². The first-order chi connectivity index (χ1) is 14.7. The first-order valence-corrected chi connectivity index (χ1v) is 9.58. The Balaban J connectivity index is 1.47. The van der Waals surface area contributed by atoms with Crippen LogP contribution < -0.4 is 10.2 Å². The maximum absolute atomic E-state index is 4.53. The van der Waals surface area contributed by atoms with Crippen LogP contribution in [0.2, 0.25) is 0 Å². The monoisotopic (exact) mass is 396 g/mol. The lowest BCUT2D eigenvalue weighted by molar-refractivity contribution is 0.696. The van der Waals surface area contributed by atoms with E-state index in [9.17, 15) is 0 Å². The number of nitrogens with zero attached hydrogens (tertiary/aromatic N) is 7. The van der Waals surface area contributed by atoms with E-state index in [2.05, 4.69) is 42.5 Å². The molecule has 30 heavy (non-hydrogen) atoms. The van der Waals surface area contributed by atoms with Gasteiger partial charge < -0.3 is 10.2 Å². The van der Waals surface area contributed by atoms with Gasteiger partial charge in [-0.05, 0) is 36.4 Å². The summed E-state index contributed by atoms with van der Waals surface area (Å²) in [6, 6.07) is 14.0. The van der Waals surface area contributed by atoms with Gasteiger partial charge in [0.1, 0.15) is 18.0 Å². The third-order valence-corrected chi connectivity index (χ3v) is 4.91. The number of rotatable bonds is 5. The summed E-state index contributed by atoms with van der Waals surface area (Å²) in [6.07, 6.45) is 6.98. The lowest BCUT2D eigenvalue weighted by Crippen LogP contribution is -2.10. The van der Waals surface area contributed by atoms with Crippen LogP contribution >= 0.6 is 0 Å². The molecule has 0 spiro atoms. The number of hydrogen-bond acceptors (Lipinski definition) is 7. The Morgan fingerprint density at radius 2 is 1.90 bits per heavy atom. The zero-order chi connectivity index (χ0) is 20.5. The summed E-state index contributed by atoms with van der Waals surface area (Å²) < 4.78 is 1.95. The molecule has 0 saturated heterocycles. The predicted molar refractivity (Wildman–Crippen MR) is 118 cm³/mol. The highest BCUT2D eigenvalue weighted by Gasteiger charge is 2.09. The van der Waals surface area contributed by atoms with Crippen LogP contribution in [0.15, 0.2) is 67.4 Å². The number of nitrogens with one attached hydrogen (secondary N) is 1. The Kier molecular flexibility index (Phi) is 4.44. The molecule has 8 heteroatoms. The Hall–Kier alpha value is -4.07. The third kappa shape index (κ3) is 3.39. The van der Waals surface area contributed by atoms with Crippen LogP contribution in [0, 0.1) is 0 Å². The van der Waals surface area contributed by atoms with Crippen molar-refractivity contribution in [2.24, 2.45) is 0 Å². The lowest BCUT2D eigenvalue weighted by Gasteiger charge is -2.13. The SMILES string of the molecule is CN(C)c1cc2c(Nc3ccc4c(cnn4Cc4ccccn4)c3)ncnc2cn1. The molecule has 5 rings (SSSR count). The minimum atomic E-state index is 0.633. The predicted octanol–water partition coefficient (Wildman–Crippen LogP) is 3.63. The molecule has 4 aromatic heterocycles. The number of pyridine rings is 2. The van der Waals surface area contributed by atoms with Crippen molar-refractivity contribution in [1.29, 1.82) is 0 Å². The van der Waals surface area contributed by atoms with Crippen LogP contribution in [0.25, 0.3) is 21.8 Å². The van der Waals surface area contributed by atoms with Crippen LogP contribution in [0.4, 0.5) is 17.3 Å². The molecule has 0 bridgehead atoms. The fourth-order valence-corrected chi connectivity index (χ4v) is 3.36. The van der Waals surface area contributed by atoms with Crippen LogP contribution in [0.5, 0.6) is 0 Å². The van der Waals surface area contributed by atoms with Crippen LogP contribution in [-0.2, 0) is 6.54 Å². The molecule has 1 aromatic carbocycles. The summed E-state index contributed by atoms with van der Waals surface area (Å²) in [5.41, 5.74) is 3.76. The highest BCUT2D eigenvalue weighted by molar-refractivity contribution is 5.93. The first kappa shape index (κ1) is 18.0. The van der Waals surface area contributed by atoms with Gasteiger partial charge in [-0.25, -0.2) is 15.0 Å². The van der Waals surface area contributed by atoms with Gasteiger partial charge in [-0.15, -0.1) is 0 Å². The van der Waals surface area contributed by atoms with Crippen LogP contribution in [0.1, 0.15) is 5.69 Å². The van der Waals surface area contributed by atoms with Gasteiger partial charge in [0, 0.05) is 36.8 Å². The van der Waals surface area contributed by atoms with Crippen molar-refractivity contribution >= 4 is 39.1 Å². The van der Waals surface area contributed by atoms with E-state index in [1.165, 1.54) is 0 Å². The second kappa shape index (κ2) is 7.40. The normalized spacial score (nSPS) is 11.1. The summed E-state index contributed by atoms with van der Waals surface area (Å²) in [5.74, 6) is 1.59. The average Bonchev–Trinajstić information content (AvgIpc) is 3.16. The zero-order valence-corrected chi connectivity index (χ0v) is 16.7. The standard InChI is InChI=1S/C22H20N8/c1-29(2)21-10-18-19(12-24-21)25-14-26-22(18)28-16-6-7-20-15(9-16)11-27-30(20)13-17-5-3-4-8-23-17/h3-12,14H,13H2,1-2H3,(H,25,26,28). The number of aromatic nitrogens is 6. The number of benzene rings is 1. The van der Waals surface area contributed by atoms with Gasteiger partial charge in [0.15, 0.2) is 0 Å². The third-order valence-electron chi connectivity index (χ3n) is 4.91. The van der Waals surface area contributed by atoms with E-state index in [1.807, 2.05) is 60.2 Å². The molecular formula is C22H20N8. The number of fused-ring (bicyclic) bond motifs is 2. The molecular weight excluding hydrogens is 376 g/mol. The molecule has 4 heterocycles. The molecule has 0 saturated carbocycles. The van der Waals surface area contributed by atoms with Crippen LogP contribution in [0.3, 0.4) is 0 Å². The van der Waals surface area contributed by atoms with Crippen LogP contribution in [-0.4, -0.2) is 43.8 Å². The summed E-state index contributed by atoms with van der Waals surface area (Å²) in [4.78, 5) is 19.5. The van der Waals surface area contributed by atoms with Crippen molar-refractivity contribution in [3.63, 3.8) is 0 Å². The van der Waals surface area contributed by atoms with Gasteiger partial charge in [-0.1, -0.05) is 6.07 Å². The summed E-state index contributed by atoms with van der Waals surface area (Å²) in [6.45, 7) is 0.633. The largest absolute Gasteiger partial charge is 0.363 e. The van der Waals surface area contributed by atoms with Crippen molar-refractivity contribution in [2.45, 2.75) is 6.54 Å². The topological polar surface area (TPSA) is 84.7 Å². The van der Waals surface area contributed by atoms with Gasteiger partial charge in [0.2, 0.25) is 0 Å².